The van der Waals surface area contributed by atoms with Crippen LogP contribution in [-0.4, -0.2) is 61.1 Å². The average Bonchev–Trinajstić information content (AvgIpc) is 1.58. The zero-order valence-corrected chi connectivity index (χ0v) is 8.98. The smallest absolute Gasteiger partial charge is 0.126 e. The van der Waals surface area contributed by atoms with Crippen LogP contribution in [0.1, 0.15) is 0 Å². The molecule has 10 N–H and O–H groups in total. The van der Waals surface area contributed by atoms with Crippen LogP contribution in [-0.2, 0) is 10.4 Å². The summed E-state index contributed by atoms with van der Waals surface area (Å²) in [6.45, 7) is 2.22. The number of rotatable bonds is 2. The molecule has 0 aromatic heterocycles. The van der Waals surface area contributed by atoms with Crippen LogP contribution < -0.4 is 10.6 Å². The van der Waals surface area contributed by atoms with E-state index in [1.54, 1.807) is 0 Å². The van der Waals surface area contributed by atoms with E-state index in [0.717, 1.165) is 6.54 Å². The Morgan fingerprint density at radius 3 is 1.36 bits per heavy atom. The normalized spacial score (nSPS) is 8.43. The van der Waals surface area contributed by atoms with E-state index in [4.69, 9.17) is 17.5 Å². The van der Waals surface area contributed by atoms with E-state index in [1.165, 1.54) is 11.4 Å². The fourth-order valence-electron chi connectivity index (χ4n) is 0.354. The summed E-state index contributed by atoms with van der Waals surface area (Å²) in [6.07, 6.45) is 0. The molecule has 0 aromatic rings. The summed E-state index contributed by atoms with van der Waals surface area (Å²) in [4.78, 5) is 1.48. The Labute approximate surface area is 83.0 Å². The van der Waals surface area contributed by atoms with Gasteiger partial charge < -0.3 is 36.2 Å². The zero-order valence-electron chi connectivity index (χ0n) is 8.16. The summed E-state index contributed by atoms with van der Waals surface area (Å²) in [5.41, 5.74) is 3.70. The van der Waals surface area contributed by atoms with Gasteiger partial charge in [-0.05, 0) is 0 Å². The van der Waals surface area contributed by atoms with E-state index in [2.05, 4.69) is 19.8 Å². The lowest BCUT2D eigenvalue weighted by Gasteiger charge is -2.06. The average molecular weight is 240 g/mol. The number of hydrogen-bond acceptors (Lipinski definition) is 4. The third-order valence-corrected chi connectivity index (χ3v) is 0.677. The van der Waals surface area contributed by atoms with Crippen molar-refractivity contribution in [3.63, 3.8) is 0 Å². The Hall–Kier alpha value is -0.330. The number of likely N-dealkylation sites (N-methyl/N-ethyl adjacent to an activating group) is 1. The molecule has 0 radical (unpaired) electrons. The second kappa shape index (κ2) is 15.2. The summed E-state index contributed by atoms with van der Waals surface area (Å²) in [5.74, 6) is 0. The third kappa shape index (κ3) is 186. The molecule has 0 heterocycles. The molecule has 10 heteroatoms. The van der Waals surface area contributed by atoms with Crippen molar-refractivity contribution in [1.82, 2.24) is 0 Å². The minimum Gasteiger partial charge on any atom is -0.759 e. The van der Waals surface area contributed by atoms with E-state index in [1.807, 2.05) is 0 Å². The molecule has 0 amide bonds. The van der Waals surface area contributed by atoms with E-state index < -0.39 is 10.4 Å². The largest absolute Gasteiger partial charge is 0.759 e. The van der Waals surface area contributed by atoms with Gasteiger partial charge in [-0.25, -0.2) is 0 Å². The van der Waals surface area contributed by atoms with Gasteiger partial charge in [0.1, 0.15) is 13.1 Å². The molecule has 0 bridgehead atoms. The van der Waals surface area contributed by atoms with Crippen molar-refractivity contribution in [2.24, 2.45) is 0 Å². The Balaban J connectivity index is -0.0000000321. The highest BCUT2D eigenvalue weighted by Gasteiger charge is 1.85. The van der Waals surface area contributed by atoms with E-state index in [0.29, 0.717) is 0 Å². The first-order chi connectivity index (χ1) is 4.77. The standard InChI is InChI=1S/C4H12N2.H2O4S.3H2O/c1-6(2)4-3-5;1-5(2,3)4;;;/h3-5H2,1-2H3;(H2,1,2,3,4);3*1H2. The quantitative estimate of drug-likeness (QED) is 0.356. The second-order valence-electron chi connectivity index (χ2n) is 2.22. The SMILES string of the molecule is C[NH+](C)CC[NH3+].O.O.O.O=S(=O)([O-])[O-]. The van der Waals surface area contributed by atoms with Gasteiger partial charge in [0.15, 0.2) is 0 Å². The maximum absolute atomic E-state index is 8.52. The van der Waals surface area contributed by atoms with Crippen LogP contribution in [0.4, 0.5) is 0 Å². The van der Waals surface area contributed by atoms with E-state index >= 15 is 0 Å². The predicted molar refractivity (Wildman–Crippen MR) is 46.7 cm³/mol. The molecule has 0 rings (SSSR count). The van der Waals surface area contributed by atoms with Gasteiger partial charge in [-0.15, -0.1) is 0 Å². The lowest BCUT2D eigenvalue weighted by Crippen LogP contribution is -3.07. The van der Waals surface area contributed by atoms with E-state index in [-0.39, 0.29) is 16.4 Å². The number of quaternary nitrogens is 2. The topological polar surface area (TPSA) is 207 Å². The van der Waals surface area contributed by atoms with Crippen molar-refractivity contribution in [3.05, 3.63) is 0 Å². The van der Waals surface area contributed by atoms with Gasteiger partial charge in [-0.2, -0.15) is 0 Å². The molecule has 0 aliphatic carbocycles. The third-order valence-electron chi connectivity index (χ3n) is 0.677. The van der Waals surface area contributed by atoms with Crippen LogP contribution in [0.2, 0.25) is 0 Å². The van der Waals surface area contributed by atoms with Crippen LogP contribution in [0, 0.1) is 0 Å². The molecule has 0 aliphatic rings. The Morgan fingerprint density at radius 2 is 1.36 bits per heavy atom. The highest BCUT2D eigenvalue weighted by molar-refractivity contribution is 7.79. The van der Waals surface area contributed by atoms with Crippen LogP contribution >= 0.6 is 0 Å². The second-order valence-corrected chi connectivity index (χ2v) is 3.04. The van der Waals surface area contributed by atoms with Crippen molar-refractivity contribution in [2.45, 2.75) is 0 Å². The summed E-state index contributed by atoms with van der Waals surface area (Å²) >= 11 is 0. The molecular weight excluding hydrogens is 220 g/mol. The van der Waals surface area contributed by atoms with Gasteiger partial charge in [0, 0.05) is 10.4 Å². The monoisotopic (exact) mass is 240 g/mol. The lowest BCUT2D eigenvalue weighted by molar-refractivity contribution is -0.864. The Kier molecular flexibility index (Phi) is 31.6. The molecule has 94 valence electrons. The maximum atomic E-state index is 8.52. The molecule has 0 unspecified atom stereocenters. The van der Waals surface area contributed by atoms with Gasteiger partial charge in [0.05, 0.1) is 14.1 Å². The minimum atomic E-state index is -5.17. The zero-order chi connectivity index (χ0) is 9.49. The highest BCUT2D eigenvalue weighted by Crippen LogP contribution is 1.57. The Bertz CT molecular complexity index is 161. The van der Waals surface area contributed by atoms with Crippen molar-refractivity contribution < 1.29 is 44.6 Å². The number of nitrogens with one attached hydrogen (secondary N) is 1. The summed E-state index contributed by atoms with van der Waals surface area (Å²) in [6, 6.07) is 0. The predicted octanol–water partition coefficient (Wildman–Crippen LogP) is -6.44. The van der Waals surface area contributed by atoms with Gasteiger partial charge in [-0.3, -0.25) is 8.42 Å². The fourth-order valence-corrected chi connectivity index (χ4v) is 0.354. The van der Waals surface area contributed by atoms with Crippen molar-refractivity contribution in [1.29, 1.82) is 0 Å². The summed E-state index contributed by atoms with van der Waals surface area (Å²) in [5, 5.41) is 0. The van der Waals surface area contributed by atoms with Crippen molar-refractivity contribution in [3.8, 4) is 0 Å². The molecule has 0 aliphatic heterocycles. The van der Waals surface area contributed by atoms with Crippen LogP contribution in [0.5, 0.6) is 0 Å². The van der Waals surface area contributed by atoms with Crippen molar-refractivity contribution >= 4 is 10.4 Å². The molecular formula is C4H20N2O7S. The highest BCUT2D eigenvalue weighted by atomic mass is 32.3. The van der Waals surface area contributed by atoms with Gasteiger partial charge in [0.2, 0.25) is 0 Å². The first-order valence-corrected chi connectivity index (χ1v) is 4.35. The van der Waals surface area contributed by atoms with Gasteiger partial charge in [0.25, 0.3) is 0 Å². The number of hydrogen-bond donors (Lipinski definition) is 2. The van der Waals surface area contributed by atoms with Gasteiger partial charge in [-0.1, -0.05) is 0 Å². The lowest BCUT2D eigenvalue weighted by atomic mass is 10.6. The molecule has 0 aromatic carbocycles. The molecule has 0 fully saturated rings. The van der Waals surface area contributed by atoms with Crippen LogP contribution in [0.25, 0.3) is 0 Å². The molecule has 0 saturated carbocycles. The first-order valence-electron chi connectivity index (χ1n) is 3.02. The minimum absolute atomic E-state index is 0. The molecule has 0 saturated heterocycles. The van der Waals surface area contributed by atoms with Crippen LogP contribution in [0.15, 0.2) is 0 Å². The fraction of sp³-hybridized carbons (Fsp3) is 1.00. The summed E-state index contributed by atoms with van der Waals surface area (Å²) in [7, 11) is -0.906. The van der Waals surface area contributed by atoms with Crippen LogP contribution in [0.3, 0.4) is 0 Å². The Morgan fingerprint density at radius 1 is 1.14 bits per heavy atom. The summed E-state index contributed by atoms with van der Waals surface area (Å²) < 4.78 is 34.1. The van der Waals surface area contributed by atoms with Crippen molar-refractivity contribution in [2.75, 3.05) is 27.2 Å². The molecule has 9 nitrogen and oxygen atoms in total. The molecule has 14 heavy (non-hydrogen) atoms. The first kappa shape index (κ1) is 29.2. The molecule has 0 spiro atoms. The van der Waals surface area contributed by atoms with Gasteiger partial charge >= 0.3 is 0 Å². The van der Waals surface area contributed by atoms with E-state index in [9.17, 15) is 0 Å². The maximum Gasteiger partial charge on any atom is 0.126 e. The molecule has 0 atom stereocenters.